The summed E-state index contributed by atoms with van der Waals surface area (Å²) in [5.41, 5.74) is 6.37. The van der Waals surface area contributed by atoms with Crippen molar-refractivity contribution in [2.45, 2.75) is 45.7 Å². The number of carbonyl (C=O) groups excluding carboxylic acids is 1. The normalized spacial score (nSPS) is 13.5. The molecule has 4 aromatic rings. The number of aryl methyl sites for hydroxylation is 1. The molecule has 4 heterocycles. The highest BCUT2D eigenvalue weighted by atomic mass is 16.1. The number of hydrogen-bond donors (Lipinski definition) is 0. The van der Waals surface area contributed by atoms with E-state index in [9.17, 15) is 4.79 Å². The molecule has 8 nitrogen and oxygen atoms in total. The maximum Gasteiger partial charge on any atom is 0.160 e. The summed E-state index contributed by atoms with van der Waals surface area (Å²) >= 11 is 0. The number of Topliss-reactive ketones (excluding diaryl/α,β-unsaturated/α-hetero) is 1. The number of ketones is 1. The second-order valence-corrected chi connectivity index (χ2v) is 7.99. The van der Waals surface area contributed by atoms with Gasteiger partial charge >= 0.3 is 0 Å². The maximum atomic E-state index is 12.7. The molecule has 0 atom stereocenters. The van der Waals surface area contributed by atoms with E-state index in [0.717, 1.165) is 39.5 Å². The van der Waals surface area contributed by atoms with Gasteiger partial charge in [-0.1, -0.05) is 0 Å². The van der Waals surface area contributed by atoms with Gasteiger partial charge in [0.25, 0.3) is 0 Å². The Morgan fingerprint density at radius 1 is 1.06 bits per heavy atom. The Balaban J connectivity index is 1.28. The van der Waals surface area contributed by atoms with Gasteiger partial charge in [0.1, 0.15) is 6.54 Å². The molecule has 0 amide bonds. The van der Waals surface area contributed by atoms with E-state index < -0.39 is 0 Å². The quantitative estimate of drug-likeness (QED) is 0.461. The molecular weight excluding hydrogens is 390 g/mol. The first kappa shape index (κ1) is 19.3. The number of pyridine rings is 1. The van der Waals surface area contributed by atoms with Crippen LogP contribution in [0.2, 0.25) is 0 Å². The van der Waals surface area contributed by atoms with E-state index in [0.29, 0.717) is 6.04 Å². The lowest BCUT2D eigenvalue weighted by atomic mass is 10.1. The van der Waals surface area contributed by atoms with Gasteiger partial charge in [-0.15, -0.1) is 0 Å². The van der Waals surface area contributed by atoms with E-state index in [1.54, 1.807) is 29.5 Å². The Labute approximate surface area is 180 Å². The molecule has 0 spiro atoms. The van der Waals surface area contributed by atoms with Crippen molar-refractivity contribution in [2.24, 2.45) is 0 Å². The first-order valence-electron chi connectivity index (χ1n) is 10.4. The molecule has 0 aliphatic heterocycles. The van der Waals surface area contributed by atoms with Crippen molar-refractivity contribution in [3.63, 3.8) is 0 Å². The third-order valence-corrected chi connectivity index (χ3v) is 5.58. The molecule has 156 valence electrons. The first-order chi connectivity index (χ1) is 15.1. The molecule has 31 heavy (non-hydrogen) atoms. The van der Waals surface area contributed by atoms with Gasteiger partial charge < -0.3 is 0 Å². The van der Waals surface area contributed by atoms with Crippen LogP contribution in [0.3, 0.4) is 0 Å². The summed E-state index contributed by atoms with van der Waals surface area (Å²) < 4.78 is 3.82. The molecule has 1 fully saturated rings. The van der Waals surface area contributed by atoms with Crippen LogP contribution in [-0.4, -0.2) is 40.3 Å². The van der Waals surface area contributed by atoms with Crippen molar-refractivity contribution in [1.29, 1.82) is 0 Å². The van der Waals surface area contributed by atoms with Crippen LogP contribution < -0.4 is 0 Å². The Kier molecular flexibility index (Phi) is 4.89. The van der Waals surface area contributed by atoms with Crippen molar-refractivity contribution in [2.75, 3.05) is 0 Å². The van der Waals surface area contributed by atoms with Crippen molar-refractivity contribution >= 4 is 5.78 Å². The van der Waals surface area contributed by atoms with Gasteiger partial charge in [0.2, 0.25) is 0 Å². The topological polar surface area (TPSA) is 91.4 Å². The largest absolute Gasteiger partial charge is 0.297 e. The van der Waals surface area contributed by atoms with Crippen molar-refractivity contribution in [1.82, 2.24) is 34.5 Å². The second kappa shape index (κ2) is 7.86. The van der Waals surface area contributed by atoms with Crippen LogP contribution in [0.5, 0.6) is 0 Å². The Hall–Kier alpha value is -3.68. The lowest BCUT2D eigenvalue weighted by Gasteiger charge is -2.06. The fourth-order valence-corrected chi connectivity index (χ4v) is 3.83. The van der Waals surface area contributed by atoms with Crippen molar-refractivity contribution in [3.8, 4) is 22.4 Å². The number of hydrogen-bond acceptors (Lipinski definition) is 6. The molecule has 1 aliphatic carbocycles. The highest BCUT2D eigenvalue weighted by molar-refractivity contribution is 5.80. The maximum absolute atomic E-state index is 12.7. The summed E-state index contributed by atoms with van der Waals surface area (Å²) in [6.07, 6.45) is 13.3. The van der Waals surface area contributed by atoms with Gasteiger partial charge in [0.05, 0.1) is 36.2 Å². The van der Waals surface area contributed by atoms with E-state index in [-0.39, 0.29) is 18.7 Å². The molecule has 0 saturated heterocycles. The summed E-state index contributed by atoms with van der Waals surface area (Å²) in [6.45, 7) is 4.20. The summed E-state index contributed by atoms with van der Waals surface area (Å²) in [5, 5.41) is 9.10. The van der Waals surface area contributed by atoms with E-state index in [2.05, 4.69) is 31.3 Å². The SMILES string of the molecule is Cc1nn(CC(=O)Cc2ccc(-c3cnccn3)cn2)c(C)c1-c1cnn(C2CC2)c1. The average molecular weight is 413 g/mol. The predicted octanol–water partition coefficient (Wildman–Crippen LogP) is 3.36. The van der Waals surface area contributed by atoms with Gasteiger partial charge in [-0.2, -0.15) is 10.2 Å². The highest BCUT2D eigenvalue weighted by Crippen LogP contribution is 2.36. The first-order valence-corrected chi connectivity index (χ1v) is 10.4. The lowest BCUT2D eigenvalue weighted by Crippen LogP contribution is -2.15. The average Bonchev–Trinajstić information content (AvgIpc) is 3.45. The summed E-state index contributed by atoms with van der Waals surface area (Å²) in [6, 6.07) is 4.32. The molecule has 0 bridgehead atoms. The molecule has 5 rings (SSSR count). The summed E-state index contributed by atoms with van der Waals surface area (Å²) in [4.78, 5) is 25.5. The zero-order valence-electron chi connectivity index (χ0n) is 17.6. The molecule has 0 radical (unpaired) electrons. The lowest BCUT2D eigenvalue weighted by molar-refractivity contribution is -0.119. The molecular formula is C23H23N7O. The van der Waals surface area contributed by atoms with Crippen LogP contribution in [0.15, 0.2) is 49.3 Å². The fourth-order valence-electron chi connectivity index (χ4n) is 3.83. The Morgan fingerprint density at radius 2 is 1.94 bits per heavy atom. The van der Waals surface area contributed by atoms with Crippen LogP contribution >= 0.6 is 0 Å². The third kappa shape index (κ3) is 4.01. The number of carbonyl (C=O) groups is 1. The minimum absolute atomic E-state index is 0.0607. The molecule has 4 aromatic heterocycles. The monoisotopic (exact) mass is 413 g/mol. The highest BCUT2D eigenvalue weighted by Gasteiger charge is 2.25. The molecule has 0 aromatic carbocycles. The van der Waals surface area contributed by atoms with Gasteiger partial charge in [-0.25, -0.2) is 0 Å². The van der Waals surface area contributed by atoms with Gasteiger partial charge in [0, 0.05) is 52.9 Å². The van der Waals surface area contributed by atoms with Crippen LogP contribution in [0, 0.1) is 13.8 Å². The van der Waals surface area contributed by atoms with Crippen LogP contribution in [0.4, 0.5) is 0 Å². The predicted molar refractivity (Wildman–Crippen MR) is 115 cm³/mol. The standard InChI is InChI=1S/C23H23N7O/c1-15-23(18-11-27-30(13-18)20-5-6-20)16(2)29(28-15)14-21(31)9-19-4-3-17(10-26-19)22-12-24-7-8-25-22/h3-4,7-8,10-13,20H,5-6,9,14H2,1-2H3. The molecule has 0 unspecified atom stereocenters. The van der Waals surface area contributed by atoms with Crippen LogP contribution in [-0.2, 0) is 17.8 Å². The zero-order chi connectivity index (χ0) is 21.4. The second-order valence-electron chi connectivity index (χ2n) is 7.99. The Bertz CT molecular complexity index is 1220. The van der Waals surface area contributed by atoms with E-state index in [1.165, 1.54) is 12.8 Å². The van der Waals surface area contributed by atoms with E-state index >= 15 is 0 Å². The summed E-state index contributed by atoms with van der Waals surface area (Å²) in [7, 11) is 0. The zero-order valence-corrected chi connectivity index (χ0v) is 17.6. The number of nitrogens with zero attached hydrogens (tertiary/aromatic N) is 7. The number of rotatable bonds is 7. The van der Waals surface area contributed by atoms with Crippen molar-refractivity contribution in [3.05, 3.63) is 66.4 Å². The number of aromatic nitrogens is 7. The minimum Gasteiger partial charge on any atom is -0.297 e. The van der Waals surface area contributed by atoms with E-state index in [4.69, 9.17) is 0 Å². The molecule has 1 aliphatic rings. The smallest absolute Gasteiger partial charge is 0.160 e. The third-order valence-electron chi connectivity index (χ3n) is 5.58. The molecule has 8 heteroatoms. The minimum atomic E-state index is 0.0607. The fraction of sp³-hybridized carbons (Fsp3) is 0.304. The van der Waals surface area contributed by atoms with Gasteiger partial charge in [-0.05, 0) is 38.8 Å². The Morgan fingerprint density at radius 3 is 2.65 bits per heavy atom. The van der Waals surface area contributed by atoms with Crippen LogP contribution in [0.1, 0.15) is 36.0 Å². The molecule has 0 N–H and O–H groups in total. The van der Waals surface area contributed by atoms with E-state index in [1.807, 2.05) is 36.9 Å². The van der Waals surface area contributed by atoms with Gasteiger partial charge in [-0.3, -0.25) is 29.1 Å². The van der Waals surface area contributed by atoms with Gasteiger partial charge in [0.15, 0.2) is 5.78 Å². The summed E-state index contributed by atoms with van der Waals surface area (Å²) in [5.74, 6) is 0.0607. The molecule has 1 saturated carbocycles. The van der Waals surface area contributed by atoms with Crippen molar-refractivity contribution < 1.29 is 4.79 Å². The van der Waals surface area contributed by atoms with Crippen LogP contribution in [0.25, 0.3) is 22.4 Å².